The topological polar surface area (TPSA) is 0 Å². The molecule has 0 aliphatic heterocycles. The molecule has 0 spiro atoms. The third-order valence-electron chi connectivity index (χ3n) is 8.82. The fraction of sp³-hybridized carbons (Fsp3) is 0. The first-order chi connectivity index (χ1) is 23.1. The summed E-state index contributed by atoms with van der Waals surface area (Å²) < 4.78 is 115. The van der Waals surface area contributed by atoms with Gasteiger partial charge in [0.15, 0.2) is 46.5 Å². The Kier molecular flexibility index (Phi) is 6.73. The average Bonchev–Trinajstić information content (AvgIpc) is 3.08. The first-order valence-corrected chi connectivity index (χ1v) is 14.7. The summed E-state index contributed by atoms with van der Waals surface area (Å²) in [4.78, 5) is 0. The van der Waals surface area contributed by atoms with Crippen LogP contribution in [0.2, 0.25) is 0 Å². The molecule has 0 bridgehead atoms. The zero-order valence-corrected chi connectivity index (χ0v) is 24.4. The summed E-state index contributed by atoms with van der Waals surface area (Å²) in [5, 5.41) is 3.50. The number of hydrogen-bond donors (Lipinski definition) is 0. The molecule has 8 aromatic rings. The zero-order valence-electron chi connectivity index (χ0n) is 24.4. The van der Waals surface area contributed by atoms with Gasteiger partial charge in [-0.25, -0.2) is 35.1 Å². The minimum atomic E-state index is -1.09. The highest BCUT2D eigenvalue weighted by Crippen LogP contribution is 2.48. The minimum Gasteiger partial charge on any atom is -0.204 e. The van der Waals surface area contributed by atoms with Gasteiger partial charge in [0.05, 0.1) is 0 Å². The summed E-state index contributed by atoms with van der Waals surface area (Å²) in [6.07, 6.45) is 0. The zero-order chi connectivity index (χ0) is 33.4. The van der Waals surface area contributed by atoms with E-state index in [0.717, 1.165) is 48.5 Å². The summed E-state index contributed by atoms with van der Waals surface area (Å²) in [5.41, 5.74) is 3.00. The van der Waals surface area contributed by atoms with Crippen LogP contribution < -0.4 is 0 Å². The molecule has 0 atom stereocenters. The molecule has 0 nitrogen and oxygen atoms in total. The van der Waals surface area contributed by atoms with E-state index in [1.54, 1.807) is 36.4 Å². The van der Waals surface area contributed by atoms with Gasteiger partial charge < -0.3 is 0 Å². The molecular formula is C40H18F8. The van der Waals surface area contributed by atoms with E-state index >= 15 is 0 Å². The van der Waals surface area contributed by atoms with Gasteiger partial charge in [-0.15, -0.1) is 0 Å². The van der Waals surface area contributed by atoms with Crippen molar-refractivity contribution in [3.63, 3.8) is 0 Å². The quantitative estimate of drug-likeness (QED) is 0.131. The van der Waals surface area contributed by atoms with Crippen molar-refractivity contribution in [3.05, 3.63) is 156 Å². The molecule has 0 heterocycles. The van der Waals surface area contributed by atoms with Crippen LogP contribution in [0, 0.1) is 46.5 Å². The SMILES string of the molecule is Fc1ccc(-c2cc(-c3ccc(F)c(F)c3)c3ccc4c(-c5ccc(F)c(F)c5)cc(-c5ccc(F)c(F)c5)c5ccc2c3c54)cc1F. The van der Waals surface area contributed by atoms with Gasteiger partial charge in [0.1, 0.15) is 0 Å². The molecule has 0 N–H and O–H groups in total. The van der Waals surface area contributed by atoms with Crippen molar-refractivity contribution in [2.75, 3.05) is 0 Å². The first kappa shape index (κ1) is 29.6. The molecule has 234 valence electrons. The molecule has 0 saturated heterocycles. The second kappa shape index (κ2) is 10.9. The predicted molar refractivity (Wildman–Crippen MR) is 172 cm³/mol. The average molecular weight is 651 g/mol. The summed E-state index contributed by atoms with van der Waals surface area (Å²) in [6, 6.07) is 24.1. The number of rotatable bonds is 4. The molecule has 8 rings (SSSR count). The van der Waals surface area contributed by atoms with Crippen molar-refractivity contribution in [1.29, 1.82) is 0 Å². The lowest BCUT2D eigenvalue weighted by atomic mass is 9.82. The van der Waals surface area contributed by atoms with Crippen LogP contribution in [0.4, 0.5) is 35.1 Å². The highest BCUT2D eigenvalue weighted by Gasteiger charge is 2.22. The smallest absolute Gasteiger partial charge is 0.159 e. The van der Waals surface area contributed by atoms with E-state index in [1.807, 2.05) is 0 Å². The molecule has 48 heavy (non-hydrogen) atoms. The van der Waals surface area contributed by atoms with Crippen LogP contribution in [-0.2, 0) is 0 Å². The standard InChI is InChI=1S/C40H18F8/c41-31-9-1-19(13-35(31)45)27-17-28(20-2-10-32(42)36(46)14-20)24-7-8-26-30(22-4-12-34(44)38(48)16-22)18-29(21-3-11-33(43)37(47)15-21)25-6-5-23(27)39(24)40(25)26/h1-18H. The maximum atomic E-state index is 14.6. The van der Waals surface area contributed by atoms with Gasteiger partial charge >= 0.3 is 0 Å². The van der Waals surface area contributed by atoms with Crippen LogP contribution in [0.5, 0.6) is 0 Å². The fourth-order valence-corrected chi connectivity index (χ4v) is 6.60. The van der Waals surface area contributed by atoms with Crippen molar-refractivity contribution < 1.29 is 35.1 Å². The van der Waals surface area contributed by atoms with E-state index in [0.29, 0.717) is 76.8 Å². The van der Waals surface area contributed by atoms with Gasteiger partial charge in [0, 0.05) is 0 Å². The fourth-order valence-electron chi connectivity index (χ4n) is 6.60. The Bertz CT molecular complexity index is 2250. The van der Waals surface area contributed by atoms with Crippen molar-refractivity contribution in [2.24, 2.45) is 0 Å². The second-order valence-electron chi connectivity index (χ2n) is 11.5. The van der Waals surface area contributed by atoms with Crippen molar-refractivity contribution >= 4 is 32.3 Å². The van der Waals surface area contributed by atoms with Crippen LogP contribution in [0.3, 0.4) is 0 Å². The molecule has 0 aromatic heterocycles. The molecule has 0 fully saturated rings. The van der Waals surface area contributed by atoms with Crippen molar-refractivity contribution in [3.8, 4) is 44.5 Å². The van der Waals surface area contributed by atoms with Gasteiger partial charge in [-0.05, 0) is 137 Å². The van der Waals surface area contributed by atoms with Gasteiger partial charge in [-0.1, -0.05) is 48.5 Å². The number of hydrogen-bond acceptors (Lipinski definition) is 0. The molecule has 0 aliphatic rings. The third-order valence-corrected chi connectivity index (χ3v) is 8.82. The maximum absolute atomic E-state index is 14.6. The molecule has 0 amide bonds. The summed E-state index contributed by atoms with van der Waals surface area (Å²) in [6.45, 7) is 0. The lowest BCUT2D eigenvalue weighted by Gasteiger charge is -2.21. The molecule has 8 aromatic carbocycles. The Hall–Kier alpha value is -5.76. The van der Waals surface area contributed by atoms with E-state index in [9.17, 15) is 35.1 Å². The van der Waals surface area contributed by atoms with Crippen LogP contribution >= 0.6 is 0 Å². The van der Waals surface area contributed by atoms with Gasteiger partial charge in [0.25, 0.3) is 0 Å². The number of halogens is 8. The summed E-state index contributed by atoms with van der Waals surface area (Å²) in [7, 11) is 0. The van der Waals surface area contributed by atoms with Crippen LogP contribution in [0.15, 0.2) is 109 Å². The summed E-state index contributed by atoms with van der Waals surface area (Å²) >= 11 is 0. The van der Waals surface area contributed by atoms with Crippen LogP contribution in [0.25, 0.3) is 76.8 Å². The normalized spacial score (nSPS) is 11.8. The lowest BCUT2D eigenvalue weighted by Crippen LogP contribution is -1.96. The Labute approximate surface area is 267 Å². The lowest BCUT2D eigenvalue weighted by molar-refractivity contribution is 0.509. The van der Waals surface area contributed by atoms with E-state index in [2.05, 4.69) is 0 Å². The maximum Gasteiger partial charge on any atom is 0.159 e. The van der Waals surface area contributed by atoms with Crippen molar-refractivity contribution in [2.45, 2.75) is 0 Å². The highest BCUT2D eigenvalue weighted by molar-refractivity contribution is 6.31. The first-order valence-electron chi connectivity index (χ1n) is 14.7. The Balaban J connectivity index is 1.57. The molecule has 8 heteroatoms. The van der Waals surface area contributed by atoms with Gasteiger partial charge in [0.2, 0.25) is 0 Å². The largest absolute Gasteiger partial charge is 0.204 e. The predicted octanol–water partition coefficient (Wildman–Crippen LogP) is 12.4. The third kappa shape index (κ3) is 4.59. The minimum absolute atomic E-state index is 0.303. The van der Waals surface area contributed by atoms with Crippen LogP contribution in [0.1, 0.15) is 0 Å². The Morgan fingerprint density at radius 1 is 0.229 bits per heavy atom. The molecule has 0 aliphatic carbocycles. The van der Waals surface area contributed by atoms with Crippen LogP contribution in [-0.4, -0.2) is 0 Å². The van der Waals surface area contributed by atoms with Crippen molar-refractivity contribution in [1.82, 2.24) is 0 Å². The highest BCUT2D eigenvalue weighted by atomic mass is 19.2. The number of benzene rings is 8. The molecular weight excluding hydrogens is 632 g/mol. The van der Waals surface area contributed by atoms with Gasteiger partial charge in [-0.2, -0.15) is 0 Å². The Morgan fingerprint density at radius 2 is 0.458 bits per heavy atom. The molecule has 0 unspecified atom stereocenters. The van der Waals surface area contributed by atoms with E-state index in [1.165, 1.54) is 24.3 Å². The Morgan fingerprint density at radius 3 is 0.667 bits per heavy atom. The van der Waals surface area contributed by atoms with E-state index < -0.39 is 46.5 Å². The van der Waals surface area contributed by atoms with Gasteiger partial charge in [-0.3, -0.25) is 0 Å². The second-order valence-corrected chi connectivity index (χ2v) is 11.5. The monoisotopic (exact) mass is 650 g/mol. The van der Waals surface area contributed by atoms with E-state index in [-0.39, 0.29) is 0 Å². The summed E-state index contributed by atoms with van der Waals surface area (Å²) in [5.74, 6) is -8.56. The molecule has 0 radical (unpaired) electrons. The molecule has 0 saturated carbocycles. The van der Waals surface area contributed by atoms with E-state index in [4.69, 9.17) is 0 Å².